The molecule has 0 radical (unpaired) electrons. The number of benzene rings is 4. The van der Waals surface area contributed by atoms with Crippen LogP contribution in [0.4, 0.5) is 0 Å². The monoisotopic (exact) mass is 942 g/mol. The first-order valence-corrected chi connectivity index (χ1v) is 27.8. The summed E-state index contributed by atoms with van der Waals surface area (Å²) in [6, 6.07) is 26.6. The van der Waals surface area contributed by atoms with Crippen LogP contribution >= 0.6 is 0 Å². The van der Waals surface area contributed by atoms with Crippen LogP contribution in [0.2, 0.25) is 0 Å². The average Bonchev–Trinajstić information content (AvgIpc) is 4.13. The number of pyridine rings is 2. The second-order valence-electron chi connectivity index (χ2n) is 22.9. The SMILES string of the molecule is Cc1ccc(S(=O)(=O)OC[C@H]2[C@H](COS(=O)(=O)c3ccc(C)cc3)[C@@H]3CC[C@H]2[C@H]2[C@H]4C[C@@H]([C@@H]32)[C@H]2[C@@H]4[C@]3(C)[C@@H]4[C@@H]([C@@H]5C[C@H]4c4cc6nc7c8cccnc8c8ncccc8c7nc6cc45)[C@]23C)cc1. The lowest BCUT2D eigenvalue weighted by molar-refractivity contribution is -0.378. The van der Waals surface area contributed by atoms with Gasteiger partial charge >= 0.3 is 0 Å². The van der Waals surface area contributed by atoms with E-state index in [9.17, 15) is 16.8 Å². The summed E-state index contributed by atoms with van der Waals surface area (Å²) in [4.78, 5) is 20.6. The molecule has 6 bridgehead atoms. The third kappa shape index (κ3) is 4.96. The average molecular weight is 943 g/mol. The minimum Gasteiger partial charge on any atom is -0.266 e. The first kappa shape index (κ1) is 41.0. The standard InChI is InChI=1S/C56H54N4O6S2/c1-27-9-13-29(14-10-27)67(61,62)65-25-41-31-17-18-32(42(41)26-66-68(63,64)30-15-11-28(2)12-16-30)46-40-22-39(45(31)46)49-50(40)56(4)48-38-21-37(47(48)55(49,56)3)35-23-43-44(24-36(35)38)60-54-34-8-6-20-58-52(34)51-33(53(54)59-43)7-5-19-57-51/h5-16,19-20,23-24,31-32,37-42,45-50H,17-18,21-22,25-26H2,1-4H3/t31-,32+,37+,38-,39-,40+,41-,42-,45+,46-,47+,48-,49-,50+,55+,56-/m1/s1. The van der Waals surface area contributed by atoms with Gasteiger partial charge in [-0.05, 0) is 205 Å². The largest absolute Gasteiger partial charge is 0.296 e. The molecule has 346 valence electrons. The van der Waals surface area contributed by atoms with E-state index >= 15 is 0 Å². The van der Waals surface area contributed by atoms with Crippen molar-refractivity contribution in [2.24, 2.45) is 81.8 Å². The summed E-state index contributed by atoms with van der Waals surface area (Å²) >= 11 is 0. The van der Waals surface area contributed by atoms with Crippen molar-refractivity contribution in [2.45, 2.75) is 75.0 Å². The number of fused-ring (bicyclic) bond motifs is 27. The molecule has 10 nitrogen and oxygen atoms in total. The van der Waals surface area contributed by atoms with Crippen LogP contribution in [-0.2, 0) is 28.6 Å². The van der Waals surface area contributed by atoms with Gasteiger partial charge in [-0.25, -0.2) is 9.97 Å². The zero-order valence-corrected chi connectivity index (χ0v) is 40.3. The molecule has 3 aromatic heterocycles. The highest BCUT2D eigenvalue weighted by atomic mass is 32.2. The lowest BCUT2D eigenvalue weighted by atomic mass is 9.18. The summed E-state index contributed by atoms with van der Waals surface area (Å²) in [5.74, 6) is 5.90. The van der Waals surface area contributed by atoms with E-state index in [-0.39, 0.29) is 57.5 Å². The minimum absolute atomic E-state index is 0.0382. The predicted octanol–water partition coefficient (Wildman–Crippen LogP) is 10.6. The van der Waals surface area contributed by atoms with Gasteiger partial charge in [0.2, 0.25) is 0 Å². The summed E-state index contributed by atoms with van der Waals surface area (Å²) in [6.07, 6.45) is 8.11. The smallest absolute Gasteiger partial charge is 0.266 e. The zero-order chi connectivity index (χ0) is 46.0. The molecule has 12 heteroatoms. The maximum atomic E-state index is 13.8. The first-order chi connectivity index (χ1) is 32.8. The maximum absolute atomic E-state index is 13.8. The summed E-state index contributed by atoms with van der Waals surface area (Å²) in [5, 5.41) is 1.96. The zero-order valence-electron chi connectivity index (χ0n) is 38.6. The van der Waals surface area contributed by atoms with Gasteiger partial charge in [-0.3, -0.25) is 18.3 Å². The van der Waals surface area contributed by atoms with Crippen molar-refractivity contribution >= 4 is 64.1 Å². The highest BCUT2D eigenvalue weighted by Gasteiger charge is 2.90. The van der Waals surface area contributed by atoms with Crippen molar-refractivity contribution in [3.05, 3.63) is 120 Å². The molecular weight excluding hydrogens is 889 g/mol. The Hall–Kier alpha value is -4.88. The van der Waals surface area contributed by atoms with E-state index < -0.39 is 20.2 Å². The Morgan fingerprint density at radius 2 is 0.971 bits per heavy atom. The van der Waals surface area contributed by atoms with Gasteiger partial charge in [-0.2, -0.15) is 16.8 Å². The normalized spacial score (nSPS) is 37.8. The third-order valence-corrected chi connectivity index (χ3v) is 23.5. The fourth-order valence-corrected chi connectivity index (χ4v) is 20.7. The number of aromatic nitrogens is 4. The van der Waals surface area contributed by atoms with Crippen LogP contribution < -0.4 is 0 Å². The van der Waals surface area contributed by atoms with Crippen LogP contribution in [0.5, 0.6) is 0 Å². The van der Waals surface area contributed by atoms with Crippen molar-refractivity contribution in [2.75, 3.05) is 13.2 Å². The Balaban J connectivity index is 0.777. The molecule has 9 aliphatic rings. The highest BCUT2D eigenvalue weighted by Crippen LogP contribution is 2.95. The number of rotatable bonds is 8. The van der Waals surface area contributed by atoms with Crippen molar-refractivity contribution < 1.29 is 25.2 Å². The van der Waals surface area contributed by atoms with Crippen molar-refractivity contribution in [1.29, 1.82) is 0 Å². The van der Waals surface area contributed by atoms with E-state index in [2.05, 4.69) is 38.1 Å². The fraction of sp³-hybridized carbons (Fsp3) is 0.464. The van der Waals surface area contributed by atoms with E-state index in [1.54, 1.807) is 48.5 Å². The molecule has 0 amide bonds. The van der Waals surface area contributed by atoms with Crippen LogP contribution in [0.3, 0.4) is 0 Å². The molecule has 9 aliphatic carbocycles. The molecule has 4 aromatic carbocycles. The van der Waals surface area contributed by atoms with E-state index in [1.165, 1.54) is 24.0 Å². The summed E-state index contributed by atoms with van der Waals surface area (Å²) in [5.41, 5.74) is 10.8. The summed E-state index contributed by atoms with van der Waals surface area (Å²) in [7, 11) is -8.06. The van der Waals surface area contributed by atoms with Crippen LogP contribution in [0.15, 0.2) is 107 Å². The van der Waals surface area contributed by atoms with Crippen LogP contribution in [-0.4, -0.2) is 50.0 Å². The molecule has 68 heavy (non-hydrogen) atoms. The lowest BCUT2D eigenvalue weighted by Crippen LogP contribution is -2.81. The molecule has 7 aromatic rings. The van der Waals surface area contributed by atoms with Gasteiger partial charge in [0.25, 0.3) is 20.2 Å². The van der Waals surface area contributed by atoms with Crippen molar-refractivity contribution in [3.8, 4) is 0 Å². The Morgan fingerprint density at radius 1 is 0.544 bits per heavy atom. The van der Waals surface area contributed by atoms with Crippen LogP contribution in [0.1, 0.15) is 73.6 Å². The quantitative estimate of drug-likeness (QED) is 0.0626. The van der Waals surface area contributed by atoms with Crippen LogP contribution in [0, 0.1) is 95.7 Å². The molecule has 3 heterocycles. The second kappa shape index (κ2) is 13.5. The molecule has 0 spiro atoms. The van der Waals surface area contributed by atoms with Gasteiger partial charge in [0, 0.05) is 23.2 Å². The van der Waals surface area contributed by atoms with Crippen LogP contribution in [0.25, 0.3) is 43.9 Å². The molecule has 0 N–H and O–H groups in total. The number of hydrogen-bond donors (Lipinski definition) is 0. The van der Waals surface area contributed by atoms with Gasteiger partial charge in [0.1, 0.15) is 0 Å². The first-order valence-electron chi connectivity index (χ1n) is 25.0. The fourth-order valence-electron chi connectivity index (χ4n) is 18.8. The summed E-state index contributed by atoms with van der Waals surface area (Å²) in [6.45, 7) is 9.28. The minimum atomic E-state index is -4.03. The van der Waals surface area contributed by atoms with E-state index in [0.717, 1.165) is 67.8 Å². The third-order valence-electron chi connectivity index (χ3n) is 20.9. The highest BCUT2D eigenvalue weighted by molar-refractivity contribution is 7.87. The van der Waals surface area contributed by atoms with Crippen molar-refractivity contribution in [3.63, 3.8) is 0 Å². The van der Waals surface area contributed by atoms with E-state index in [0.29, 0.717) is 59.2 Å². The second-order valence-corrected chi connectivity index (χ2v) is 26.1. The molecule has 0 saturated heterocycles. The lowest BCUT2D eigenvalue weighted by Gasteiger charge is -2.85. The van der Waals surface area contributed by atoms with Crippen molar-refractivity contribution in [1.82, 2.24) is 19.9 Å². The summed E-state index contributed by atoms with van der Waals surface area (Å²) < 4.78 is 67.2. The van der Waals surface area contributed by atoms with Gasteiger partial charge < -0.3 is 0 Å². The Bertz CT molecular complexity index is 3360. The predicted molar refractivity (Wildman–Crippen MR) is 258 cm³/mol. The maximum Gasteiger partial charge on any atom is 0.296 e. The Kier molecular flexibility index (Phi) is 8.13. The van der Waals surface area contributed by atoms with Gasteiger partial charge in [-0.15, -0.1) is 0 Å². The Morgan fingerprint density at radius 3 is 1.40 bits per heavy atom. The Labute approximate surface area is 396 Å². The molecular formula is C56H54N4O6S2. The van der Waals surface area contributed by atoms with E-state index in [1.807, 2.05) is 38.4 Å². The number of hydrogen-bond acceptors (Lipinski definition) is 10. The van der Waals surface area contributed by atoms with Gasteiger partial charge in [0.15, 0.2) is 0 Å². The van der Waals surface area contributed by atoms with E-state index in [4.69, 9.17) is 28.3 Å². The topological polar surface area (TPSA) is 138 Å². The number of nitrogens with zero attached hydrogens (tertiary/aromatic N) is 4. The molecule has 8 fully saturated rings. The van der Waals surface area contributed by atoms with Gasteiger partial charge in [-0.1, -0.05) is 49.2 Å². The molecule has 0 aliphatic heterocycles. The molecule has 0 unspecified atom stereocenters. The number of aryl methyl sites for hydroxylation is 2. The molecule has 16 atom stereocenters. The molecule has 16 rings (SSSR count). The van der Waals surface area contributed by atoms with Gasteiger partial charge in [0.05, 0.1) is 56.1 Å². The molecule has 8 saturated carbocycles.